The quantitative estimate of drug-likeness (QED) is 0.638. The van der Waals surface area contributed by atoms with Gasteiger partial charge in [-0.2, -0.15) is 5.10 Å². The number of amides is 1. The summed E-state index contributed by atoms with van der Waals surface area (Å²) >= 11 is 0. The molecule has 0 aliphatic carbocycles. The first kappa shape index (κ1) is 22.2. The standard InChI is InChI=1S/C23H26N4O.CH2O2/c1-25(2)17-18-10-12-19(13-11-18)21-9-5-15-26(21)23(28)20-7-3-4-8-22(20)27-16-6-14-24-27;2-1-3/h3-4,6-8,10-14,16,21H,5,9,15,17H2,1-2H3;1H,(H,2,3). The summed E-state index contributed by atoms with van der Waals surface area (Å²) < 4.78 is 1.76. The summed E-state index contributed by atoms with van der Waals surface area (Å²) in [4.78, 5) is 26.0. The molecule has 1 saturated heterocycles. The van der Waals surface area contributed by atoms with Gasteiger partial charge >= 0.3 is 0 Å². The Labute approximate surface area is 182 Å². The van der Waals surface area contributed by atoms with E-state index in [-0.39, 0.29) is 18.4 Å². The summed E-state index contributed by atoms with van der Waals surface area (Å²) in [6, 6.07) is 18.4. The van der Waals surface area contributed by atoms with E-state index in [0.717, 1.165) is 31.6 Å². The average molecular weight is 421 g/mol. The average Bonchev–Trinajstić information content (AvgIpc) is 3.46. The van der Waals surface area contributed by atoms with Gasteiger partial charge in [0.15, 0.2) is 0 Å². The Morgan fingerprint density at radius 3 is 2.52 bits per heavy atom. The molecule has 0 bridgehead atoms. The van der Waals surface area contributed by atoms with Gasteiger partial charge < -0.3 is 14.9 Å². The second-order valence-electron chi connectivity index (χ2n) is 7.71. The summed E-state index contributed by atoms with van der Waals surface area (Å²) in [5.41, 5.74) is 4.02. The van der Waals surface area contributed by atoms with Crippen LogP contribution >= 0.6 is 0 Å². The lowest BCUT2D eigenvalue weighted by Gasteiger charge is -2.26. The lowest BCUT2D eigenvalue weighted by molar-refractivity contribution is -0.122. The van der Waals surface area contributed by atoms with Crippen LogP contribution in [0.5, 0.6) is 0 Å². The Morgan fingerprint density at radius 2 is 1.87 bits per heavy atom. The zero-order valence-electron chi connectivity index (χ0n) is 17.9. The van der Waals surface area contributed by atoms with E-state index in [0.29, 0.717) is 5.56 Å². The third kappa shape index (κ3) is 5.38. The van der Waals surface area contributed by atoms with Gasteiger partial charge in [-0.15, -0.1) is 0 Å². The van der Waals surface area contributed by atoms with Gasteiger partial charge in [0, 0.05) is 25.5 Å². The minimum atomic E-state index is -0.250. The molecule has 0 saturated carbocycles. The number of carbonyl (C=O) groups is 2. The number of rotatable bonds is 5. The van der Waals surface area contributed by atoms with Gasteiger partial charge in [-0.25, -0.2) is 4.68 Å². The molecule has 1 N–H and O–H groups in total. The second kappa shape index (κ2) is 10.5. The van der Waals surface area contributed by atoms with Crippen molar-refractivity contribution in [2.45, 2.75) is 25.4 Å². The van der Waals surface area contributed by atoms with E-state index in [1.165, 1.54) is 11.1 Å². The Morgan fingerprint density at radius 1 is 1.16 bits per heavy atom. The van der Waals surface area contributed by atoms with E-state index >= 15 is 0 Å². The lowest BCUT2D eigenvalue weighted by atomic mass is 10.0. The number of benzene rings is 2. The Balaban J connectivity index is 0.000000858. The van der Waals surface area contributed by atoms with Crippen LogP contribution in [0, 0.1) is 0 Å². The molecule has 2 aromatic carbocycles. The molecule has 2 heterocycles. The molecule has 162 valence electrons. The number of hydrogen-bond donors (Lipinski definition) is 1. The molecular formula is C24H28N4O3. The maximum Gasteiger partial charge on any atom is 0.290 e. The van der Waals surface area contributed by atoms with Crippen LogP contribution in [-0.2, 0) is 11.3 Å². The van der Waals surface area contributed by atoms with Crippen molar-refractivity contribution in [1.82, 2.24) is 19.6 Å². The summed E-state index contributed by atoms with van der Waals surface area (Å²) in [6.45, 7) is 1.46. The van der Waals surface area contributed by atoms with Crippen LogP contribution in [0.2, 0.25) is 0 Å². The fraction of sp³-hybridized carbons (Fsp3) is 0.292. The molecular weight excluding hydrogens is 392 g/mol. The van der Waals surface area contributed by atoms with Crippen molar-refractivity contribution >= 4 is 12.4 Å². The second-order valence-corrected chi connectivity index (χ2v) is 7.71. The molecule has 0 radical (unpaired) electrons. The van der Waals surface area contributed by atoms with Crippen LogP contribution in [0.15, 0.2) is 67.0 Å². The fourth-order valence-electron chi connectivity index (χ4n) is 3.99. The van der Waals surface area contributed by atoms with Crippen molar-refractivity contribution in [3.63, 3.8) is 0 Å². The minimum absolute atomic E-state index is 0.0750. The minimum Gasteiger partial charge on any atom is -0.483 e. The van der Waals surface area contributed by atoms with E-state index in [9.17, 15) is 4.79 Å². The predicted molar refractivity (Wildman–Crippen MR) is 119 cm³/mol. The van der Waals surface area contributed by atoms with Crippen molar-refractivity contribution in [2.24, 2.45) is 0 Å². The molecule has 1 aromatic heterocycles. The number of carbonyl (C=O) groups excluding carboxylic acids is 1. The van der Waals surface area contributed by atoms with Crippen molar-refractivity contribution in [3.8, 4) is 5.69 Å². The smallest absolute Gasteiger partial charge is 0.290 e. The number of para-hydroxylation sites is 1. The van der Waals surface area contributed by atoms with E-state index in [4.69, 9.17) is 9.90 Å². The summed E-state index contributed by atoms with van der Waals surface area (Å²) in [5.74, 6) is 0.0750. The Kier molecular flexibility index (Phi) is 7.56. The van der Waals surface area contributed by atoms with Gasteiger partial charge in [0.1, 0.15) is 0 Å². The first-order valence-corrected chi connectivity index (χ1v) is 10.3. The SMILES string of the molecule is CN(C)Cc1ccc(C2CCCN2C(=O)c2ccccc2-n2cccn2)cc1.O=CO. The van der Waals surface area contributed by atoms with Crippen molar-refractivity contribution in [3.05, 3.63) is 83.7 Å². The molecule has 1 amide bonds. The summed E-state index contributed by atoms with van der Waals surface area (Å²) in [5, 5.41) is 11.2. The van der Waals surface area contributed by atoms with E-state index in [1.807, 2.05) is 41.4 Å². The molecule has 4 rings (SSSR count). The molecule has 31 heavy (non-hydrogen) atoms. The highest BCUT2D eigenvalue weighted by Gasteiger charge is 2.31. The van der Waals surface area contributed by atoms with Gasteiger partial charge in [-0.3, -0.25) is 9.59 Å². The van der Waals surface area contributed by atoms with Crippen LogP contribution < -0.4 is 0 Å². The molecule has 1 atom stereocenters. The number of nitrogens with zero attached hydrogens (tertiary/aromatic N) is 4. The maximum atomic E-state index is 13.4. The zero-order valence-corrected chi connectivity index (χ0v) is 17.9. The zero-order chi connectivity index (χ0) is 22.2. The predicted octanol–water partition coefficient (Wildman–Crippen LogP) is 3.61. The first-order chi connectivity index (χ1) is 15.0. The third-order valence-corrected chi connectivity index (χ3v) is 5.26. The first-order valence-electron chi connectivity index (χ1n) is 10.3. The molecule has 7 heteroatoms. The van der Waals surface area contributed by atoms with Gasteiger partial charge in [0.2, 0.25) is 0 Å². The molecule has 3 aromatic rings. The molecule has 1 aliphatic heterocycles. The van der Waals surface area contributed by atoms with Crippen LogP contribution in [-0.4, -0.2) is 57.7 Å². The normalized spacial score (nSPS) is 15.5. The van der Waals surface area contributed by atoms with Crippen molar-refractivity contribution < 1.29 is 14.7 Å². The topological polar surface area (TPSA) is 78.7 Å². The summed E-state index contributed by atoms with van der Waals surface area (Å²) in [6.07, 6.45) is 5.63. The van der Waals surface area contributed by atoms with Gasteiger partial charge in [-0.05, 0) is 56.3 Å². The van der Waals surface area contributed by atoms with E-state index in [1.54, 1.807) is 10.9 Å². The van der Waals surface area contributed by atoms with Gasteiger partial charge in [-0.1, -0.05) is 36.4 Å². The van der Waals surface area contributed by atoms with Crippen LogP contribution in [0.1, 0.15) is 40.4 Å². The molecule has 1 aliphatic rings. The monoisotopic (exact) mass is 420 g/mol. The number of hydrogen-bond acceptors (Lipinski definition) is 4. The summed E-state index contributed by atoms with van der Waals surface area (Å²) in [7, 11) is 4.14. The van der Waals surface area contributed by atoms with Crippen molar-refractivity contribution in [1.29, 1.82) is 0 Å². The molecule has 1 fully saturated rings. The van der Waals surface area contributed by atoms with Gasteiger partial charge in [0.05, 0.1) is 17.3 Å². The highest BCUT2D eigenvalue weighted by atomic mass is 16.3. The van der Waals surface area contributed by atoms with Crippen LogP contribution in [0.25, 0.3) is 5.69 Å². The Hall–Kier alpha value is -3.45. The van der Waals surface area contributed by atoms with E-state index < -0.39 is 0 Å². The lowest BCUT2D eigenvalue weighted by Crippen LogP contribution is -2.31. The number of likely N-dealkylation sites (tertiary alicyclic amines) is 1. The third-order valence-electron chi connectivity index (χ3n) is 5.26. The molecule has 1 unspecified atom stereocenters. The maximum absolute atomic E-state index is 13.4. The highest BCUT2D eigenvalue weighted by Crippen LogP contribution is 2.34. The number of aromatic nitrogens is 2. The Bertz CT molecular complexity index is 984. The van der Waals surface area contributed by atoms with Gasteiger partial charge in [0.25, 0.3) is 12.4 Å². The van der Waals surface area contributed by atoms with E-state index in [2.05, 4.69) is 48.4 Å². The fourth-order valence-corrected chi connectivity index (χ4v) is 3.99. The highest BCUT2D eigenvalue weighted by molar-refractivity contribution is 5.98. The van der Waals surface area contributed by atoms with Crippen LogP contribution in [0.3, 0.4) is 0 Å². The number of carboxylic acid groups (broad SMARTS) is 1. The van der Waals surface area contributed by atoms with Crippen molar-refractivity contribution in [2.75, 3.05) is 20.6 Å². The molecule has 0 spiro atoms. The molecule has 7 nitrogen and oxygen atoms in total. The van der Waals surface area contributed by atoms with Crippen LogP contribution in [0.4, 0.5) is 0 Å². The largest absolute Gasteiger partial charge is 0.483 e.